The van der Waals surface area contributed by atoms with Crippen molar-refractivity contribution in [1.82, 2.24) is 9.13 Å². The van der Waals surface area contributed by atoms with Crippen molar-refractivity contribution < 1.29 is 9.53 Å². The van der Waals surface area contributed by atoms with Crippen LogP contribution in [0.1, 0.15) is 52.7 Å². The van der Waals surface area contributed by atoms with Crippen molar-refractivity contribution in [3.63, 3.8) is 0 Å². The molecule has 0 fully saturated rings. The molecule has 190 valence electrons. The van der Waals surface area contributed by atoms with E-state index in [0.717, 1.165) is 23.9 Å². The third kappa shape index (κ3) is 5.87. The number of nitrogens with zero attached hydrogens (tertiary/aromatic N) is 2. The van der Waals surface area contributed by atoms with Crippen LogP contribution >= 0.6 is 11.8 Å². The summed E-state index contributed by atoms with van der Waals surface area (Å²) in [6, 6.07) is 16.3. The Labute approximate surface area is 217 Å². The lowest BCUT2D eigenvalue weighted by molar-refractivity contribution is 0.227. The molecule has 0 aliphatic carbocycles. The molecule has 0 aliphatic heterocycles. The molecule has 0 amide bonds. The van der Waals surface area contributed by atoms with Gasteiger partial charge in [0.2, 0.25) is 0 Å². The number of benzene rings is 2. The fourth-order valence-corrected chi connectivity index (χ4v) is 13.2. The highest BCUT2D eigenvalue weighted by atomic mass is 32.2. The SMILES string of the molecule is CC(C)[Si](C(C)C)(C(C)C)n1cc(CCN(C)C)c2c(OC(=O)SCc3ccccc3)cccc21. The number of likely N-dealkylation sites (N-methyl/N-ethyl adjacent to an activating group) is 1. The lowest BCUT2D eigenvalue weighted by Gasteiger charge is -2.44. The summed E-state index contributed by atoms with van der Waals surface area (Å²) in [5.41, 5.74) is 5.32. The van der Waals surface area contributed by atoms with Crippen LogP contribution in [0.5, 0.6) is 5.75 Å². The molecular weight excluding hydrogens is 468 g/mol. The lowest BCUT2D eigenvalue weighted by atomic mass is 10.1. The third-order valence-corrected chi connectivity index (χ3v) is 14.8. The summed E-state index contributed by atoms with van der Waals surface area (Å²) < 4.78 is 8.66. The number of thioether (sulfide) groups is 1. The summed E-state index contributed by atoms with van der Waals surface area (Å²) in [4.78, 5) is 15.1. The van der Waals surface area contributed by atoms with E-state index < -0.39 is 8.24 Å². The number of hydrogen-bond donors (Lipinski definition) is 0. The van der Waals surface area contributed by atoms with E-state index in [2.05, 4.69) is 77.0 Å². The Balaban J connectivity index is 2.07. The Morgan fingerprint density at radius 3 is 2.14 bits per heavy atom. The number of fused-ring (bicyclic) bond motifs is 1. The first kappa shape index (κ1) is 27.6. The number of carbonyl (C=O) groups excluding carboxylic acids is 1. The second-order valence-corrected chi connectivity index (χ2v) is 17.3. The minimum absolute atomic E-state index is 0.257. The van der Waals surface area contributed by atoms with Gasteiger partial charge in [-0.15, -0.1) is 0 Å². The maximum absolute atomic E-state index is 12.9. The van der Waals surface area contributed by atoms with Gasteiger partial charge in [-0.05, 0) is 78.4 Å². The van der Waals surface area contributed by atoms with Gasteiger partial charge >= 0.3 is 5.30 Å². The first-order valence-electron chi connectivity index (χ1n) is 12.8. The first-order valence-corrected chi connectivity index (χ1v) is 15.9. The van der Waals surface area contributed by atoms with E-state index in [1.807, 2.05) is 42.5 Å². The standard InChI is InChI=1S/C29H42N2O2SSi/c1-21(2)35(22(3)4,23(5)6)31-19-25(17-18-30(7)8)28-26(31)15-12-16-27(28)33-29(32)34-20-24-13-10-9-11-14-24/h9-16,19,21-23H,17-18,20H2,1-8H3. The molecule has 0 saturated carbocycles. The Bertz CT molecular complexity index is 1100. The molecule has 3 aromatic rings. The van der Waals surface area contributed by atoms with Crippen LogP contribution in [0, 0.1) is 0 Å². The van der Waals surface area contributed by atoms with E-state index in [-0.39, 0.29) is 5.30 Å². The number of hydrogen-bond acceptors (Lipinski definition) is 4. The molecule has 3 rings (SSSR count). The van der Waals surface area contributed by atoms with Gasteiger partial charge in [-0.2, -0.15) is 0 Å². The Morgan fingerprint density at radius 1 is 0.943 bits per heavy atom. The predicted molar refractivity (Wildman–Crippen MR) is 154 cm³/mol. The molecule has 0 saturated heterocycles. The molecule has 0 N–H and O–H groups in total. The smallest absolute Gasteiger partial charge is 0.373 e. The minimum Gasteiger partial charge on any atom is -0.418 e. The maximum Gasteiger partial charge on any atom is 0.373 e. The highest BCUT2D eigenvalue weighted by Crippen LogP contribution is 2.46. The van der Waals surface area contributed by atoms with Crippen LogP contribution in [0.2, 0.25) is 16.6 Å². The van der Waals surface area contributed by atoms with Crippen LogP contribution in [0.15, 0.2) is 54.7 Å². The van der Waals surface area contributed by atoms with Gasteiger partial charge in [-0.25, -0.2) is 4.79 Å². The van der Waals surface area contributed by atoms with Crippen LogP contribution in [-0.2, 0) is 12.2 Å². The number of rotatable bonds is 10. The normalized spacial score (nSPS) is 12.5. The third-order valence-electron chi connectivity index (χ3n) is 7.28. The molecule has 35 heavy (non-hydrogen) atoms. The molecule has 1 heterocycles. The zero-order valence-electron chi connectivity index (χ0n) is 22.7. The molecule has 0 bridgehead atoms. The molecule has 1 aromatic heterocycles. The molecule has 6 heteroatoms. The zero-order chi connectivity index (χ0) is 25.8. The van der Waals surface area contributed by atoms with Crippen molar-refractivity contribution in [3.05, 3.63) is 65.9 Å². The van der Waals surface area contributed by atoms with E-state index in [9.17, 15) is 4.79 Å². The van der Waals surface area contributed by atoms with E-state index in [0.29, 0.717) is 28.1 Å². The fraction of sp³-hybridized carbons (Fsp3) is 0.483. The van der Waals surface area contributed by atoms with Crippen molar-refractivity contribution in [3.8, 4) is 5.75 Å². The zero-order valence-corrected chi connectivity index (χ0v) is 24.5. The Kier molecular flexibility index (Phi) is 9.30. The second kappa shape index (κ2) is 11.8. The molecule has 0 aliphatic rings. The summed E-state index contributed by atoms with van der Waals surface area (Å²) in [7, 11) is 2.25. The number of ether oxygens (including phenoxy) is 1. The highest BCUT2D eigenvalue weighted by Gasteiger charge is 2.46. The van der Waals surface area contributed by atoms with E-state index in [1.165, 1.54) is 22.8 Å². The van der Waals surface area contributed by atoms with Gasteiger partial charge in [0.15, 0.2) is 8.24 Å². The molecular formula is C29H42N2O2SSi. The van der Waals surface area contributed by atoms with E-state index >= 15 is 0 Å². The Morgan fingerprint density at radius 2 is 1.57 bits per heavy atom. The minimum atomic E-state index is -1.97. The van der Waals surface area contributed by atoms with Gasteiger partial charge in [0.1, 0.15) is 5.75 Å². The quantitative estimate of drug-likeness (QED) is 0.203. The first-order chi connectivity index (χ1) is 16.6. The van der Waals surface area contributed by atoms with Gasteiger partial charge < -0.3 is 13.9 Å². The van der Waals surface area contributed by atoms with Crippen molar-refractivity contribution in [1.29, 1.82) is 0 Å². The van der Waals surface area contributed by atoms with Crippen LogP contribution in [0.3, 0.4) is 0 Å². The summed E-state index contributed by atoms with van der Waals surface area (Å²) in [6.45, 7) is 15.3. The van der Waals surface area contributed by atoms with Gasteiger partial charge in [0.25, 0.3) is 0 Å². The maximum atomic E-state index is 12.9. The number of aromatic nitrogens is 1. The topological polar surface area (TPSA) is 34.5 Å². The molecule has 2 aromatic carbocycles. The van der Waals surface area contributed by atoms with Gasteiger partial charge in [-0.1, -0.05) is 77.9 Å². The molecule has 4 nitrogen and oxygen atoms in total. The lowest BCUT2D eigenvalue weighted by Crippen LogP contribution is -2.51. The predicted octanol–water partition coefficient (Wildman–Crippen LogP) is 8.20. The molecule has 0 atom stereocenters. The van der Waals surface area contributed by atoms with Crippen LogP contribution in [0.25, 0.3) is 10.9 Å². The summed E-state index contributed by atoms with van der Waals surface area (Å²) in [5, 5.41) is 0.842. The Hall–Kier alpha value is -2.02. The summed E-state index contributed by atoms with van der Waals surface area (Å²) in [6.07, 6.45) is 3.32. The number of carbonyl (C=O) groups is 1. The molecule has 0 unspecified atom stereocenters. The van der Waals surface area contributed by atoms with Crippen LogP contribution in [0.4, 0.5) is 4.79 Å². The average Bonchev–Trinajstić information content (AvgIpc) is 3.16. The monoisotopic (exact) mass is 510 g/mol. The van der Waals surface area contributed by atoms with Crippen LogP contribution < -0.4 is 4.74 Å². The van der Waals surface area contributed by atoms with Gasteiger partial charge in [0, 0.05) is 23.2 Å². The van der Waals surface area contributed by atoms with Crippen molar-refractivity contribution in [2.45, 2.75) is 70.3 Å². The summed E-state index contributed by atoms with van der Waals surface area (Å²) >= 11 is 1.22. The molecule has 0 spiro atoms. The van der Waals surface area contributed by atoms with Crippen molar-refractivity contribution >= 4 is 36.2 Å². The van der Waals surface area contributed by atoms with Crippen molar-refractivity contribution in [2.24, 2.45) is 0 Å². The summed E-state index contributed by atoms with van der Waals surface area (Å²) in [5.74, 6) is 1.29. The van der Waals surface area contributed by atoms with Gasteiger partial charge in [0.05, 0.1) is 0 Å². The largest absolute Gasteiger partial charge is 0.418 e. The second-order valence-electron chi connectivity index (χ2n) is 10.7. The van der Waals surface area contributed by atoms with E-state index in [4.69, 9.17) is 4.74 Å². The molecule has 0 radical (unpaired) electrons. The van der Waals surface area contributed by atoms with E-state index in [1.54, 1.807) is 0 Å². The average molecular weight is 511 g/mol. The van der Waals surface area contributed by atoms with Crippen molar-refractivity contribution in [2.75, 3.05) is 20.6 Å². The van der Waals surface area contributed by atoms with Crippen LogP contribution in [-0.4, -0.2) is 43.3 Å². The highest BCUT2D eigenvalue weighted by molar-refractivity contribution is 8.12. The fourth-order valence-electron chi connectivity index (χ4n) is 5.94. The van der Waals surface area contributed by atoms with Gasteiger partial charge in [-0.3, -0.25) is 0 Å².